The van der Waals surface area contributed by atoms with E-state index in [2.05, 4.69) is 0 Å². The van der Waals surface area contributed by atoms with Crippen molar-refractivity contribution in [2.45, 2.75) is 38.4 Å². The molecule has 2 amide bonds. The molecule has 0 aliphatic carbocycles. The van der Waals surface area contributed by atoms with E-state index in [4.69, 9.17) is 9.57 Å². The highest BCUT2D eigenvalue weighted by molar-refractivity contribution is 6.00. The van der Waals surface area contributed by atoms with E-state index < -0.39 is 6.29 Å². The monoisotopic (exact) mass is 199 g/mol. The Hall–Kier alpha value is -0.940. The Morgan fingerprint density at radius 1 is 1.21 bits per heavy atom. The first-order valence-corrected chi connectivity index (χ1v) is 4.91. The van der Waals surface area contributed by atoms with Crippen LogP contribution in [0, 0.1) is 0 Å². The molecule has 2 fully saturated rings. The van der Waals surface area contributed by atoms with Crippen molar-refractivity contribution < 1.29 is 19.2 Å². The van der Waals surface area contributed by atoms with Crippen LogP contribution in [0.4, 0.5) is 0 Å². The molecule has 2 heterocycles. The number of nitrogens with zero attached hydrogens (tertiary/aromatic N) is 1. The predicted octanol–water partition coefficient (Wildman–Crippen LogP) is 0.594. The van der Waals surface area contributed by atoms with Crippen LogP contribution in [0.5, 0.6) is 0 Å². The van der Waals surface area contributed by atoms with Crippen LogP contribution < -0.4 is 0 Å². The Morgan fingerprint density at radius 3 is 2.50 bits per heavy atom. The number of hydrogen-bond donors (Lipinski definition) is 0. The third kappa shape index (κ3) is 1.93. The van der Waals surface area contributed by atoms with Crippen molar-refractivity contribution in [1.29, 1.82) is 0 Å². The van der Waals surface area contributed by atoms with Crippen LogP contribution in [-0.2, 0) is 19.2 Å². The summed E-state index contributed by atoms with van der Waals surface area (Å²) >= 11 is 0. The molecule has 0 aromatic carbocycles. The maximum absolute atomic E-state index is 11.2. The van der Waals surface area contributed by atoms with Crippen molar-refractivity contribution >= 4 is 11.8 Å². The summed E-state index contributed by atoms with van der Waals surface area (Å²) < 4.78 is 5.27. The van der Waals surface area contributed by atoms with Crippen molar-refractivity contribution in [2.24, 2.45) is 0 Å². The Balaban J connectivity index is 1.89. The molecule has 2 aliphatic heterocycles. The van der Waals surface area contributed by atoms with Gasteiger partial charge in [0.15, 0.2) is 6.29 Å². The second-order valence-electron chi connectivity index (χ2n) is 3.48. The summed E-state index contributed by atoms with van der Waals surface area (Å²) in [6.45, 7) is 0.640. The maximum atomic E-state index is 11.2. The van der Waals surface area contributed by atoms with Gasteiger partial charge in [0, 0.05) is 25.9 Å². The molecular weight excluding hydrogens is 186 g/mol. The summed E-state index contributed by atoms with van der Waals surface area (Å²) in [6, 6.07) is 0. The topological polar surface area (TPSA) is 55.8 Å². The highest BCUT2D eigenvalue weighted by Crippen LogP contribution is 2.19. The summed E-state index contributed by atoms with van der Waals surface area (Å²) in [5, 5.41) is 0.857. The molecule has 0 N–H and O–H groups in total. The molecule has 78 valence electrons. The van der Waals surface area contributed by atoms with Crippen molar-refractivity contribution in [3.05, 3.63) is 0 Å². The molecule has 1 unspecified atom stereocenters. The molecule has 2 aliphatic rings. The molecule has 1 atom stereocenters. The highest BCUT2D eigenvalue weighted by Gasteiger charge is 2.33. The smallest absolute Gasteiger partial charge is 0.254 e. The van der Waals surface area contributed by atoms with Gasteiger partial charge in [-0.05, 0) is 12.8 Å². The number of rotatable bonds is 2. The number of hydrogen-bond acceptors (Lipinski definition) is 4. The van der Waals surface area contributed by atoms with E-state index in [-0.39, 0.29) is 24.7 Å². The summed E-state index contributed by atoms with van der Waals surface area (Å²) in [4.78, 5) is 27.6. The Bertz CT molecular complexity index is 231. The van der Waals surface area contributed by atoms with Gasteiger partial charge in [0.1, 0.15) is 0 Å². The van der Waals surface area contributed by atoms with E-state index in [0.717, 1.165) is 24.3 Å². The van der Waals surface area contributed by atoms with Crippen LogP contribution in [0.25, 0.3) is 0 Å². The van der Waals surface area contributed by atoms with Gasteiger partial charge in [-0.1, -0.05) is 0 Å². The number of hydroxylamine groups is 2. The normalized spacial score (nSPS) is 28.6. The van der Waals surface area contributed by atoms with Crippen LogP contribution in [-0.4, -0.2) is 29.8 Å². The molecule has 0 saturated carbocycles. The van der Waals surface area contributed by atoms with Crippen molar-refractivity contribution in [2.75, 3.05) is 6.61 Å². The van der Waals surface area contributed by atoms with E-state index in [0.29, 0.717) is 6.61 Å². The molecule has 0 aromatic rings. The lowest BCUT2D eigenvalue weighted by atomic mass is 10.2. The van der Waals surface area contributed by atoms with Crippen molar-refractivity contribution in [3.8, 4) is 0 Å². The van der Waals surface area contributed by atoms with Gasteiger partial charge in [-0.15, -0.1) is 0 Å². The fourth-order valence-electron chi connectivity index (χ4n) is 1.59. The van der Waals surface area contributed by atoms with E-state index in [1.165, 1.54) is 0 Å². The van der Waals surface area contributed by atoms with E-state index in [1.807, 2.05) is 0 Å². The summed E-state index contributed by atoms with van der Waals surface area (Å²) in [6.07, 6.45) is 2.87. The van der Waals surface area contributed by atoms with Crippen LogP contribution in [0.2, 0.25) is 0 Å². The predicted molar refractivity (Wildman–Crippen MR) is 45.8 cm³/mol. The lowest BCUT2D eigenvalue weighted by Gasteiger charge is -2.25. The lowest BCUT2D eigenvalue weighted by molar-refractivity contribution is -0.267. The zero-order valence-corrected chi connectivity index (χ0v) is 7.90. The largest absolute Gasteiger partial charge is 0.350 e. The van der Waals surface area contributed by atoms with Crippen LogP contribution >= 0.6 is 0 Å². The first kappa shape index (κ1) is 9.61. The fraction of sp³-hybridized carbons (Fsp3) is 0.778. The van der Waals surface area contributed by atoms with Crippen molar-refractivity contribution in [3.63, 3.8) is 0 Å². The first-order valence-electron chi connectivity index (χ1n) is 4.91. The summed E-state index contributed by atoms with van der Waals surface area (Å²) in [5.41, 5.74) is 0. The van der Waals surface area contributed by atoms with Crippen LogP contribution in [0.1, 0.15) is 32.1 Å². The zero-order valence-electron chi connectivity index (χ0n) is 7.90. The Kier molecular flexibility index (Phi) is 2.79. The third-order valence-electron chi connectivity index (χ3n) is 2.37. The van der Waals surface area contributed by atoms with Gasteiger partial charge in [-0.25, -0.2) is 4.84 Å². The fourth-order valence-corrected chi connectivity index (χ4v) is 1.59. The second kappa shape index (κ2) is 4.06. The molecule has 0 spiro atoms. The van der Waals surface area contributed by atoms with E-state index in [1.54, 1.807) is 0 Å². The average Bonchev–Trinajstić information content (AvgIpc) is 2.51. The van der Waals surface area contributed by atoms with Gasteiger partial charge in [0.25, 0.3) is 11.8 Å². The number of ether oxygens (including phenoxy) is 1. The molecule has 14 heavy (non-hydrogen) atoms. The van der Waals surface area contributed by atoms with E-state index in [9.17, 15) is 9.59 Å². The number of carbonyl (C=O) groups excluding carboxylic acids is 2. The molecule has 5 nitrogen and oxygen atoms in total. The maximum Gasteiger partial charge on any atom is 0.254 e. The summed E-state index contributed by atoms with van der Waals surface area (Å²) in [5.74, 6) is -0.520. The molecule has 0 bridgehead atoms. The van der Waals surface area contributed by atoms with Gasteiger partial charge in [-0.2, -0.15) is 5.06 Å². The zero-order chi connectivity index (χ0) is 9.97. The minimum atomic E-state index is -0.422. The highest BCUT2D eigenvalue weighted by atomic mass is 16.8. The minimum absolute atomic E-state index is 0.256. The van der Waals surface area contributed by atoms with Gasteiger partial charge < -0.3 is 4.74 Å². The van der Waals surface area contributed by atoms with Crippen LogP contribution in [0.3, 0.4) is 0 Å². The van der Waals surface area contributed by atoms with Gasteiger partial charge in [0.05, 0.1) is 0 Å². The minimum Gasteiger partial charge on any atom is -0.350 e. The number of amides is 2. The van der Waals surface area contributed by atoms with Crippen molar-refractivity contribution in [1.82, 2.24) is 5.06 Å². The summed E-state index contributed by atoms with van der Waals surface area (Å²) in [7, 11) is 0. The number of imide groups is 1. The third-order valence-corrected chi connectivity index (χ3v) is 2.37. The average molecular weight is 199 g/mol. The Labute approximate surface area is 81.9 Å². The Morgan fingerprint density at radius 2 is 1.93 bits per heavy atom. The molecule has 0 radical (unpaired) electrons. The molecule has 5 heteroatoms. The van der Waals surface area contributed by atoms with E-state index >= 15 is 0 Å². The van der Waals surface area contributed by atoms with Crippen LogP contribution in [0.15, 0.2) is 0 Å². The molecule has 2 saturated heterocycles. The molecule has 0 aromatic heterocycles. The standard InChI is InChI=1S/C9H13NO4/c11-7-4-5-8(12)10(7)14-9-3-1-2-6-13-9/h9H,1-6H2. The van der Waals surface area contributed by atoms with Gasteiger partial charge in [0.2, 0.25) is 0 Å². The van der Waals surface area contributed by atoms with Gasteiger partial charge in [-0.3, -0.25) is 9.59 Å². The quantitative estimate of drug-likeness (QED) is 0.611. The molecule has 2 rings (SSSR count). The second-order valence-corrected chi connectivity index (χ2v) is 3.48. The first-order chi connectivity index (χ1) is 6.77. The van der Waals surface area contributed by atoms with Gasteiger partial charge >= 0.3 is 0 Å². The SMILES string of the molecule is O=C1CCC(=O)N1OC1CCCCO1. The lowest BCUT2D eigenvalue weighted by Crippen LogP contribution is -2.36. The molecular formula is C9H13NO4. The number of carbonyl (C=O) groups is 2.